The molecule has 1 aromatic carbocycles. The van der Waals surface area contributed by atoms with E-state index in [1.165, 1.54) is 18.2 Å². The molecule has 0 radical (unpaired) electrons. The van der Waals surface area contributed by atoms with Crippen molar-refractivity contribution in [2.45, 2.75) is 51.7 Å². The fourth-order valence-electron chi connectivity index (χ4n) is 3.37. The van der Waals surface area contributed by atoms with Gasteiger partial charge in [0.15, 0.2) is 0 Å². The van der Waals surface area contributed by atoms with Crippen LogP contribution in [0.1, 0.15) is 38.7 Å². The van der Waals surface area contributed by atoms with Crippen LogP contribution in [0.3, 0.4) is 0 Å². The van der Waals surface area contributed by atoms with Crippen molar-refractivity contribution >= 4 is 23.2 Å². The highest BCUT2D eigenvalue weighted by molar-refractivity contribution is 6.31. The summed E-state index contributed by atoms with van der Waals surface area (Å²) in [4.78, 5) is 26.9. The summed E-state index contributed by atoms with van der Waals surface area (Å²) in [6.45, 7) is 4.84. The number of carbonyl (C=O) groups is 1. The van der Waals surface area contributed by atoms with E-state index >= 15 is 0 Å². The summed E-state index contributed by atoms with van der Waals surface area (Å²) < 4.78 is 0. The number of halogens is 1. The standard InChI is InChI=1S/C17H24ClN3O3/c1-12-5-4-6-13(2)20(12)17(22)11-19(3)10-14-9-15(21(23)24)7-8-16(14)18/h7-9,12-13H,4-6,10-11H2,1-3H3. The molecule has 24 heavy (non-hydrogen) atoms. The first-order valence-electron chi connectivity index (χ1n) is 8.22. The lowest BCUT2D eigenvalue weighted by Crippen LogP contribution is -2.50. The molecule has 0 bridgehead atoms. The van der Waals surface area contributed by atoms with Gasteiger partial charge in [0.25, 0.3) is 5.69 Å². The summed E-state index contributed by atoms with van der Waals surface area (Å²) in [5.74, 6) is 0.0961. The van der Waals surface area contributed by atoms with Gasteiger partial charge in [0.05, 0.1) is 11.5 Å². The lowest BCUT2D eigenvalue weighted by molar-refractivity contribution is -0.384. The Morgan fingerprint density at radius 3 is 2.58 bits per heavy atom. The van der Waals surface area contributed by atoms with Gasteiger partial charge >= 0.3 is 0 Å². The maximum Gasteiger partial charge on any atom is 0.269 e. The van der Waals surface area contributed by atoms with Crippen molar-refractivity contribution in [2.75, 3.05) is 13.6 Å². The molecule has 2 rings (SSSR count). The molecule has 6 nitrogen and oxygen atoms in total. The molecule has 1 aliphatic heterocycles. The Bertz CT molecular complexity index is 613. The number of rotatable bonds is 5. The number of nitrogens with zero attached hydrogens (tertiary/aromatic N) is 3. The number of hydrogen-bond donors (Lipinski definition) is 0. The molecule has 2 atom stereocenters. The highest BCUT2D eigenvalue weighted by atomic mass is 35.5. The molecule has 7 heteroatoms. The number of likely N-dealkylation sites (N-methyl/N-ethyl adjacent to an activating group) is 1. The molecule has 1 saturated heterocycles. The molecule has 1 amide bonds. The van der Waals surface area contributed by atoms with Gasteiger partial charge in [0.1, 0.15) is 0 Å². The van der Waals surface area contributed by atoms with Gasteiger partial charge in [-0.2, -0.15) is 0 Å². The number of non-ortho nitro benzene ring substituents is 1. The summed E-state index contributed by atoms with van der Waals surface area (Å²) >= 11 is 6.13. The number of nitro benzene ring substituents is 1. The minimum atomic E-state index is -0.442. The van der Waals surface area contributed by atoms with E-state index in [0.29, 0.717) is 17.1 Å². The lowest BCUT2D eigenvalue weighted by atomic mass is 9.97. The Labute approximate surface area is 147 Å². The van der Waals surface area contributed by atoms with Crippen LogP contribution in [-0.2, 0) is 11.3 Å². The Morgan fingerprint density at radius 2 is 2.00 bits per heavy atom. The molecular weight excluding hydrogens is 330 g/mol. The lowest BCUT2D eigenvalue weighted by Gasteiger charge is -2.39. The van der Waals surface area contributed by atoms with Crippen molar-refractivity contribution in [1.29, 1.82) is 0 Å². The number of amides is 1. The van der Waals surface area contributed by atoms with Gasteiger partial charge in [0, 0.05) is 35.8 Å². The first kappa shape index (κ1) is 18.7. The third kappa shape index (κ3) is 4.45. The Kier molecular flexibility index (Phi) is 6.18. The topological polar surface area (TPSA) is 66.7 Å². The van der Waals surface area contributed by atoms with Crippen molar-refractivity contribution in [3.63, 3.8) is 0 Å². The smallest absolute Gasteiger partial charge is 0.269 e. The van der Waals surface area contributed by atoms with Crippen molar-refractivity contribution in [3.8, 4) is 0 Å². The molecule has 1 fully saturated rings. The number of carbonyl (C=O) groups excluding carboxylic acids is 1. The SMILES string of the molecule is CC1CCCC(C)N1C(=O)CN(C)Cc1cc([N+](=O)[O-])ccc1Cl. The quantitative estimate of drug-likeness (QED) is 0.600. The average Bonchev–Trinajstić information content (AvgIpc) is 2.48. The van der Waals surface area contributed by atoms with Crippen LogP contribution < -0.4 is 0 Å². The van der Waals surface area contributed by atoms with Gasteiger partial charge in [-0.25, -0.2) is 0 Å². The molecule has 0 N–H and O–H groups in total. The van der Waals surface area contributed by atoms with E-state index in [9.17, 15) is 14.9 Å². The van der Waals surface area contributed by atoms with Gasteiger partial charge in [-0.1, -0.05) is 11.6 Å². The molecule has 1 aliphatic rings. The first-order valence-corrected chi connectivity index (χ1v) is 8.60. The fraction of sp³-hybridized carbons (Fsp3) is 0.588. The van der Waals surface area contributed by atoms with E-state index in [1.54, 1.807) is 0 Å². The monoisotopic (exact) mass is 353 g/mol. The zero-order valence-electron chi connectivity index (χ0n) is 14.4. The van der Waals surface area contributed by atoms with Crippen LogP contribution in [0.4, 0.5) is 5.69 Å². The zero-order chi connectivity index (χ0) is 17.9. The van der Waals surface area contributed by atoms with Gasteiger partial charge in [-0.3, -0.25) is 19.8 Å². The number of hydrogen-bond acceptors (Lipinski definition) is 4. The van der Waals surface area contributed by atoms with Crippen molar-refractivity contribution in [1.82, 2.24) is 9.80 Å². The van der Waals surface area contributed by atoms with Crippen molar-refractivity contribution in [3.05, 3.63) is 38.9 Å². The van der Waals surface area contributed by atoms with Crippen LogP contribution in [0.15, 0.2) is 18.2 Å². The molecule has 1 heterocycles. The predicted octanol–water partition coefficient (Wildman–Crippen LogP) is 3.47. The van der Waals surface area contributed by atoms with Crippen LogP contribution in [0.5, 0.6) is 0 Å². The maximum atomic E-state index is 12.6. The number of benzene rings is 1. The third-order valence-corrected chi connectivity index (χ3v) is 4.94. The highest BCUT2D eigenvalue weighted by Gasteiger charge is 2.29. The second-order valence-corrected chi connectivity index (χ2v) is 7.04. The molecule has 2 unspecified atom stereocenters. The van der Waals surface area contributed by atoms with Gasteiger partial charge < -0.3 is 4.90 Å². The second kappa shape index (κ2) is 7.94. The highest BCUT2D eigenvalue weighted by Crippen LogP contribution is 2.25. The van der Waals surface area contributed by atoms with E-state index in [1.807, 2.05) is 16.8 Å². The molecule has 0 aromatic heterocycles. The van der Waals surface area contributed by atoms with Gasteiger partial charge in [-0.05, 0) is 51.8 Å². The van der Waals surface area contributed by atoms with Crippen LogP contribution in [-0.4, -0.2) is 46.3 Å². The summed E-state index contributed by atoms with van der Waals surface area (Å²) in [6.07, 6.45) is 3.23. The minimum absolute atomic E-state index is 0.00685. The van der Waals surface area contributed by atoms with Crippen molar-refractivity contribution in [2.24, 2.45) is 0 Å². The Hall–Kier alpha value is -1.66. The normalized spacial score (nSPS) is 21.1. The number of nitro groups is 1. The predicted molar refractivity (Wildman–Crippen MR) is 94.1 cm³/mol. The van der Waals surface area contributed by atoms with E-state index in [2.05, 4.69) is 13.8 Å². The maximum absolute atomic E-state index is 12.6. The molecule has 0 spiro atoms. The van der Waals surface area contributed by atoms with E-state index in [-0.39, 0.29) is 30.2 Å². The van der Waals surface area contributed by atoms with Crippen LogP contribution in [0, 0.1) is 10.1 Å². The molecule has 0 aliphatic carbocycles. The summed E-state index contributed by atoms with van der Waals surface area (Å²) in [5.41, 5.74) is 0.660. The third-order valence-electron chi connectivity index (χ3n) is 4.57. The summed E-state index contributed by atoms with van der Waals surface area (Å²) in [7, 11) is 1.83. The summed E-state index contributed by atoms with van der Waals surface area (Å²) in [5, 5.41) is 11.4. The number of likely N-dealkylation sites (tertiary alicyclic amines) is 1. The first-order chi connectivity index (χ1) is 11.3. The zero-order valence-corrected chi connectivity index (χ0v) is 15.1. The van der Waals surface area contributed by atoms with Gasteiger partial charge in [-0.15, -0.1) is 0 Å². The largest absolute Gasteiger partial charge is 0.336 e. The molecule has 132 valence electrons. The van der Waals surface area contributed by atoms with Crippen LogP contribution in [0.2, 0.25) is 5.02 Å². The summed E-state index contributed by atoms with van der Waals surface area (Å²) in [6, 6.07) is 4.90. The van der Waals surface area contributed by atoms with Crippen LogP contribution >= 0.6 is 11.6 Å². The van der Waals surface area contributed by atoms with Crippen LogP contribution in [0.25, 0.3) is 0 Å². The van der Waals surface area contributed by atoms with E-state index in [0.717, 1.165) is 19.3 Å². The van der Waals surface area contributed by atoms with Crippen molar-refractivity contribution < 1.29 is 9.72 Å². The minimum Gasteiger partial charge on any atom is -0.336 e. The Balaban J connectivity index is 2.02. The second-order valence-electron chi connectivity index (χ2n) is 6.64. The molecule has 0 saturated carbocycles. The molecular formula is C17H24ClN3O3. The number of piperidine rings is 1. The molecule has 1 aromatic rings. The van der Waals surface area contributed by atoms with E-state index < -0.39 is 4.92 Å². The fourth-order valence-corrected chi connectivity index (χ4v) is 3.55. The van der Waals surface area contributed by atoms with Gasteiger partial charge in [0.2, 0.25) is 5.91 Å². The Morgan fingerprint density at radius 1 is 1.38 bits per heavy atom. The van der Waals surface area contributed by atoms with E-state index in [4.69, 9.17) is 11.6 Å². The average molecular weight is 354 g/mol.